The molecule has 0 radical (unpaired) electrons. The number of nitrogens with zero attached hydrogens (tertiary/aromatic N) is 2. The van der Waals surface area contributed by atoms with E-state index in [0.29, 0.717) is 26.3 Å². The lowest BCUT2D eigenvalue weighted by Gasteiger charge is -2.29. The van der Waals surface area contributed by atoms with Gasteiger partial charge in [0.25, 0.3) is 0 Å². The van der Waals surface area contributed by atoms with Gasteiger partial charge < -0.3 is 14.5 Å². The van der Waals surface area contributed by atoms with Crippen molar-refractivity contribution in [2.24, 2.45) is 0 Å². The van der Waals surface area contributed by atoms with E-state index in [1.165, 1.54) is 13.0 Å². The summed E-state index contributed by atoms with van der Waals surface area (Å²) in [5.41, 5.74) is 0.156. The van der Waals surface area contributed by atoms with Gasteiger partial charge in [0.05, 0.1) is 13.2 Å². The molecule has 2 amide bonds. The third-order valence-corrected chi connectivity index (χ3v) is 3.25. The number of benzene rings is 1. The molecule has 2 rings (SSSR count). The molecule has 0 atom stereocenters. The Hall–Kier alpha value is -2.02. The van der Waals surface area contributed by atoms with Crippen molar-refractivity contribution in [2.45, 2.75) is 6.92 Å². The van der Waals surface area contributed by atoms with Gasteiger partial charge in [-0.15, -0.1) is 0 Å². The molecule has 0 bridgehead atoms. The molecule has 1 aliphatic heterocycles. The normalized spacial score (nSPS) is 14.9. The van der Waals surface area contributed by atoms with E-state index in [2.05, 4.69) is 0 Å². The number of morpholine rings is 1. The van der Waals surface area contributed by atoms with E-state index in [1.54, 1.807) is 4.90 Å². The third kappa shape index (κ3) is 3.75. The van der Waals surface area contributed by atoms with Crippen molar-refractivity contribution in [1.29, 1.82) is 0 Å². The first-order valence-electron chi connectivity index (χ1n) is 6.57. The average molecular weight is 298 g/mol. The van der Waals surface area contributed by atoms with E-state index in [1.807, 2.05) is 0 Å². The van der Waals surface area contributed by atoms with E-state index >= 15 is 0 Å². The van der Waals surface area contributed by atoms with E-state index < -0.39 is 17.5 Å². The minimum atomic E-state index is -1.06. The number of carbonyl (C=O) groups is 2. The lowest BCUT2D eigenvalue weighted by atomic mass is 10.2. The van der Waals surface area contributed by atoms with Crippen LogP contribution in [-0.2, 0) is 14.3 Å². The Morgan fingerprint density at radius 2 is 1.90 bits per heavy atom. The molecule has 0 saturated carbocycles. The number of ether oxygens (including phenoxy) is 1. The molecule has 1 aromatic rings. The summed E-state index contributed by atoms with van der Waals surface area (Å²) < 4.78 is 31.4. The Bertz CT molecular complexity index is 545. The summed E-state index contributed by atoms with van der Waals surface area (Å²) in [4.78, 5) is 26.5. The highest BCUT2D eigenvalue weighted by Gasteiger charge is 2.22. The van der Waals surface area contributed by atoms with Crippen LogP contribution in [0, 0.1) is 11.6 Å². The fourth-order valence-electron chi connectivity index (χ4n) is 2.09. The maximum atomic E-state index is 13.3. The van der Waals surface area contributed by atoms with Gasteiger partial charge >= 0.3 is 0 Å². The van der Waals surface area contributed by atoms with Gasteiger partial charge in [-0.1, -0.05) is 0 Å². The molecule has 1 heterocycles. The summed E-state index contributed by atoms with van der Waals surface area (Å²) in [5, 5.41) is 0. The van der Waals surface area contributed by atoms with Crippen LogP contribution in [-0.4, -0.2) is 49.6 Å². The lowest BCUT2D eigenvalue weighted by Crippen LogP contribution is -2.46. The number of hydrogen-bond acceptors (Lipinski definition) is 3. The number of halogens is 2. The van der Waals surface area contributed by atoms with Gasteiger partial charge in [0.2, 0.25) is 11.8 Å². The molecule has 1 saturated heterocycles. The fourth-order valence-corrected chi connectivity index (χ4v) is 2.09. The number of hydrogen-bond donors (Lipinski definition) is 0. The highest BCUT2D eigenvalue weighted by Crippen LogP contribution is 2.18. The molecule has 1 fully saturated rings. The molecule has 5 nitrogen and oxygen atoms in total. The van der Waals surface area contributed by atoms with Gasteiger partial charge in [0.1, 0.15) is 6.54 Å². The zero-order valence-corrected chi connectivity index (χ0v) is 11.6. The maximum absolute atomic E-state index is 13.3. The quantitative estimate of drug-likeness (QED) is 0.842. The van der Waals surface area contributed by atoms with Crippen LogP contribution in [0.2, 0.25) is 0 Å². The van der Waals surface area contributed by atoms with Crippen LogP contribution in [0.25, 0.3) is 0 Å². The van der Waals surface area contributed by atoms with Crippen LogP contribution in [0.5, 0.6) is 0 Å². The summed E-state index contributed by atoms with van der Waals surface area (Å²) in [6.07, 6.45) is 0. The summed E-state index contributed by atoms with van der Waals surface area (Å²) in [6, 6.07) is 3.11. The molecular weight excluding hydrogens is 282 g/mol. The molecule has 1 aliphatic rings. The van der Waals surface area contributed by atoms with Gasteiger partial charge in [-0.05, 0) is 12.1 Å². The molecule has 0 N–H and O–H groups in total. The van der Waals surface area contributed by atoms with Crippen molar-refractivity contribution in [3.63, 3.8) is 0 Å². The van der Waals surface area contributed by atoms with Crippen molar-refractivity contribution in [2.75, 3.05) is 37.7 Å². The number of anilines is 1. The number of carbonyl (C=O) groups excluding carboxylic acids is 2. The van der Waals surface area contributed by atoms with Crippen LogP contribution >= 0.6 is 0 Å². The fraction of sp³-hybridized carbons (Fsp3) is 0.429. The summed E-state index contributed by atoms with van der Waals surface area (Å²) in [7, 11) is 0. The first kappa shape index (κ1) is 15.4. The number of amides is 2. The minimum Gasteiger partial charge on any atom is -0.378 e. The molecular formula is C14H16F2N2O3. The minimum absolute atomic E-state index is 0.156. The summed E-state index contributed by atoms with van der Waals surface area (Å²) >= 11 is 0. The van der Waals surface area contributed by atoms with Gasteiger partial charge in [-0.2, -0.15) is 0 Å². The van der Waals surface area contributed by atoms with Gasteiger partial charge in [-0.3, -0.25) is 9.59 Å². The van der Waals surface area contributed by atoms with E-state index in [0.717, 1.165) is 17.0 Å². The van der Waals surface area contributed by atoms with Gasteiger partial charge in [0, 0.05) is 31.8 Å². The highest BCUT2D eigenvalue weighted by atomic mass is 19.2. The molecule has 0 unspecified atom stereocenters. The number of rotatable bonds is 3. The first-order chi connectivity index (χ1) is 9.99. The molecule has 21 heavy (non-hydrogen) atoms. The Morgan fingerprint density at radius 3 is 2.48 bits per heavy atom. The SMILES string of the molecule is CC(=O)N(CC(=O)N1CCOCC1)c1ccc(F)c(F)c1. The lowest BCUT2D eigenvalue weighted by molar-refractivity contribution is -0.134. The molecule has 7 heteroatoms. The maximum Gasteiger partial charge on any atom is 0.242 e. The van der Waals surface area contributed by atoms with E-state index in [4.69, 9.17) is 4.74 Å². The van der Waals surface area contributed by atoms with E-state index in [-0.39, 0.29) is 18.1 Å². The molecule has 1 aromatic carbocycles. The Morgan fingerprint density at radius 1 is 1.24 bits per heavy atom. The summed E-state index contributed by atoms with van der Waals surface area (Å²) in [5.74, 6) is -2.72. The molecule has 0 aliphatic carbocycles. The second-order valence-electron chi connectivity index (χ2n) is 4.70. The van der Waals surface area contributed by atoms with Crippen molar-refractivity contribution < 1.29 is 23.1 Å². The van der Waals surface area contributed by atoms with Crippen LogP contribution in [0.3, 0.4) is 0 Å². The Balaban J connectivity index is 2.13. The third-order valence-electron chi connectivity index (χ3n) is 3.25. The van der Waals surface area contributed by atoms with E-state index in [9.17, 15) is 18.4 Å². The molecule has 0 spiro atoms. The standard InChI is InChI=1S/C14H16F2N2O3/c1-10(19)18(11-2-3-12(15)13(16)8-11)9-14(20)17-4-6-21-7-5-17/h2-3,8H,4-7,9H2,1H3. The predicted molar refractivity (Wildman–Crippen MR) is 71.8 cm³/mol. The Kier molecular flexibility index (Phi) is 4.85. The van der Waals surface area contributed by atoms with Crippen molar-refractivity contribution in [1.82, 2.24) is 4.90 Å². The van der Waals surface area contributed by atoms with Crippen LogP contribution < -0.4 is 4.90 Å². The first-order valence-corrected chi connectivity index (χ1v) is 6.57. The summed E-state index contributed by atoms with van der Waals surface area (Å²) in [6.45, 7) is 2.90. The van der Waals surface area contributed by atoms with Gasteiger partial charge in [0.15, 0.2) is 11.6 Å². The largest absolute Gasteiger partial charge is 0.378 e. The van der Waals surface area contributed by atoms with Crippen LogP contribution in [0.4, 0.5) is 14.5 Å². The second kappa shape index (κ2) is 6.62. The zero-order valence-electron chi connectivity index (χ0n) is 11.6. The Labute approximate surface area is 121 Å². The predicted octanol–water partition coefficient (Wildman–Crippen LogP) is 1.18. The monoisotopic (exact) mass is 298 g/mol. The highest BCUT2D eigenvalue weighted by molar-refractivity contribution is 5.97. The van der Waals surface area contributed by atoms with Crippen molar-refractivity contribution in [3.8, 4) is 0 Å². The van der Waals surface area contributed by atoms with Crippen LogP contribution in [0.1, 0.15) is 6.92 Å². The van der Waals surface area contributed by atoms with Crippen LogP contribution in [0.15, 0.2) is 18.2 Å². The average Bonchev–Trinajstić information content (AvgIpc) is 2.48. The van der Waals surface area contributed by atoms with Crippen molar-refractivity contribution >= 4 is 17.5 Å². The molecule has 114 valence electrons. The van der Waals surface area contributed by atoms with Crippen molar-refractivity contribution in [3.05, 3.63) is 29.8 Å². The second-order valence-corrected chi connectivity index (χ2v) is 4.70. The smallest absolute Gasteiger partial charge is 0.242 e. The molecule has 0 aromatic heterocycles. The zero-order chi connectivity index (χ0) is 15.4. The topological polar surface area (TPSA) is 49.9 Å². The van der Waals surface area contributed by atoms with Gasteiger partial charge in [-0.25, -0.2) is 8.78 Å².